The molecule has 0 saturated heterocycles. The highest BCUT2D eigenvalue weighted by Crippen LogP contribution is 2.27. The van der Waals surface area contributed by atoms with Crippen molar-refractivity contribution in [3.63, 3.8) is 0 Å². The number of carbonyl (C=O) groups excluding carboxylic acids is 1. The van der Waals surface area contributed by atoms with Gasteiger partial charge in [0.05, 0.1) is 13.7 Å². The second-order valence-electron chi connectivity index (χ2n) is 5.68. The normalized spacial score (nSPS) is 10.2. The second-order valence-corrected chi connectivity index (χ2v) is 5.68. The Bertz CT molecular complexity index is 714. The van der Waals surface area contributed by atoms with Crippen molar-refractivity contribution in [2.75, 3.05) is 25.6 Å². The third-order valence-electron chi connectivity index (χ3n) is 3.73. The van der Waals surface area contributed by atoms with Gasteiger partial charge >= 0.3 is 6.03 Å². The van der Waals surface area contributed by atoms with E-state index in [1.54, 1.807) is 7.11 Å². The molecule has 2 aromatic carbocycles. The Morgan fingerprint density at radius 1 is 1.00 bits per heavy atom. The summed E-state index contributed by atoms with van der Waals surface area (Å²) in [5.41, 5.74) is 4.21. The van der Waals surface area contributed by atoms with Crippen molar-refractivity contribution in [2.24, 2.45) is 0 Å². The van der Waals surface area contributed by atoms with Crippen LogP contribution < -0.4 is 20.1 Å². The molecule has 0 fully saturated rings. The molecule has 24 heavy (non-hydrogen) atoms. The van der Waals surface area contributed by atoms with Gasteiger partial charge in [0.25, 0.3) is 0 Å². The summed E-state index contributed by atoms with van der Waals surface area (Å²) in [4.78, 5) is 11.9. The predicted molar refractivity (Wildman–Crippen MR) is 96.2 cm³/mol. The number of ether oxygens (including phenoxy) is 2. The van der Waals surface area contributed by atoms with Crippen molar-refractivity contribution in [3.05, 3.63) is 53.1 Å². The van der Waals surface area contributed by atoms with Crippen LogP contribution in [0, 0.1) is 20.8 Å². The van der Waals surface area contributed by atoms with Crippen molar-refractivity contribution < 1.29 is 14.3 Å². The molecule has 0 unspecified atom stereocenters. The van der Waals surface area contributed by atoms with Crippen LogP contribution in [0.1, 0.15) is 16.7 Å². The highest BCUT2D eigenvalue weighted by atomic mass is 16.5. The van der Waals surface area contributed by atoms with Gasteiger partial charge in [-0.2, -0.15) is 0 Å². The molecule has 128 valence electrons. The van der Waals surface area contributed by atoms with Crippen LogP contribution in [0.2, 0.25) is 0 Å². The standard InChI is InChI=1S/C19H24N2O3/c1-13-5-8-17(18(11-13)23-4)24-10-9-20-19(22)21-16-7-6-14(2)15(3)12-16/h5-8,11-12H,9-10H2,1-4H3,(H2,20,21,22). The van der Waals surface area contributed by atoms with E-state index in [0.717, 1.165) is 16.8 Å². The van der Waals surface area contributed by atoms with Crippen molar-refractivity contribution >= 4 is 11.7 Å². The summed E-state index contributed by atoms with van der Waals surface area (Å²) in [6, 6.07) is 11.3. The predicted octanol–water partition coefficient (Wildman–Crippen LogP) is 3.82. The molecule has 2 rings (SSSR count). The Kier molecular flexibility index (Phi) is 6.07. The molecule has 2 aromatic rings. The minimum atomic E-state index is -0.252. The molecule has 2 N–H and O–H groups in total. The van der Waals surface area contributed by atoms with E-state index in [2.05, 4.69) is 10.6 Å². The molecule has 0 aliphatic carbocycles. The molecule has 0 spiro atoms. The summed E-state index contributed by atoms with van der Waals surface area (Å²) in [7, 11) is 1.61. The average Bonchev–Trinajstić information content (AvgIpc) is 2.56. The van der Waals surface area contributed by atoms with Gasteiger partial charge in [-0.05, 0) is 61.7 Å². The fourth-order valence-corrected chi connectivity index (χ4v) is 2.21. The molecule has 0 bridgehead atoms. The largest absolute Gasteiger partial charge is 0.493 e. The van der Waals surface area contributed by atoms with Crippen LogP contribution in [0.5, 0.6) is 11.5 Å². The smallest absolute Gasteiger partial charge is 0.319 e. The maximum absolute atomic E-state index is 11.9. The van der Waals surface area contributed by atoms with Gasteiger partial charge in [0.1, 0.15) is 6.61 Å². The molecule has 0 aliphatic rings. The third-order valence-corrected chi connectivity index (χ3v) is 3.73. The molecule has 0 aromatic heterocycles. The first kappa shape index (κ1) is 17.7. The summed E-state index contributed by atoms with van der Waals surface area (Å²) >= 11 is 0. The summed E-state index contributed by atoms with van der Waals surface area (Å²) in [6.45, 7) is 6.80. The number of methoxy groups -OCH3 is 1. The maximum Gasteiger partial charge on any atom is 0.319 e. The number of amides is 2. The highest BCUT2D eigenvalue weighted by Gasteiger charge is 2.05. The second kappa shape index (κ2) is 8.24. The average molecular weight is 328 g/mol. The first-order valence-electron chi connectivity index (χ1n) is 7.89. The summed E-state index contributed by atoms with van der Waals surface area (Å²) < 4.78 is 10.9. The van der Waals surface area contributed by atoms with Crippen molar-refractivity contribution in [1.82, 2.24) is 5.32 Å². The maximum atomic E-state index is 11.9. The van der Waals surface area contributed by atoms with E-state index in [1.165, 1.54) is 5.56 Å². The van der Waals surface area contributed by atoms with Gasteiger partial charge in [0.15, 0.2) is 11.5 Å². The van der Waals surface area contributed by atoms with E-state index in [1.807, 2.05) is 57.2 Å². The van der Waals surface area contributed by atoms with E-state index in [4.69, 9.17) is 9.47 Å². The molecule has 0 atom stereocenters. The lowest BCUT2D eigenvalue weighted by molar-refractivity contribution is 0.246. The lowest BCUT2D eigenvalue weighted by Crippen LogP contribution is -2.32. The molecule has 5 nitrogen and oxygen atoms in total. The zero-order valence-electron chi connectivity index (χ0n) is 14.6. The van der Waals surface area contributed by atoms with E-state index in [9.17, 15) is 4.79 Å². The van der Waals surface area contributed by atoms with Gasteiger partial charge in [-0.3, -0.25) is 0 Å². The molecular formula is C19H24N2O3. The highest BCUT2D eigenvalue weighted by molar-refractivity contribution is 5.89. The number of anilines is 1. The number of rotatable bonds is 6. The molecule has 2 amide bonds. The van der Waals surface area contributed by atoms with E-state index in [-0.39, 0.29) is 6.03 Å². The van der Waals surface area contributed by atoms with Gasteiger partial charge in [0, 0.05) is 5.69 Å². The zero-order valence-corrected chi connectivity index (χ0v) is 14.6. The SMILES string of the molecule is COc1cc(C)ccc1OCCNC(=O)Nc1ccc(C)c(C)c1. The van der Waals surface area contributed by atoms with E-state index >= 15 is 0 Å². The molecular weight excluding hydrogens is 304 g/mol. The summed E-state index contributed by atoms with van der Waals surface area (Å²) in [5.74, 6) is 1.36. The number of hydrogen-bond donors (Lipinski definition) is 2. The van der Waals surface area contributed by atoms with Crippen LogP contribution in [0.3, 0.4) is 0 Å². The van der Waals surface area contributed by atoms with Gasteiger partial charge in [-0.25, -0.2) is 4.79 Å². The Balaban J connectivity index is 1.77. The molecule has 0 radical (unpaired) electrons. The Hall–Kier alpha value is -2.69. The fourth-order valence-electron chi connectivity index (χ4n) is 2.21. The lowest BCUT2D eigenvalue weighted by atomic mass is 10.1. The molecule has 0 saturated carbocycles. The number of carbonyl (C=O) groups is 1. The number of nitrogens with one attached hydrogen (secondary N) is 2. The van der Waals surface area contributed by atoms with Gasteiger partial charge < -0.3 is 20.1 Å². The number of benzene rings is 2. The van der Waals surface area contributed by atoms with Crippen LogP contribution in [-0.2, 0) is 0 Å². The van der Waals surface area contributed by atoms with Crippen molar-refractivity contribution in [2.45, 2.75) is 20.8 Å². The van der Waals surface area contributed by atoms with E-state index < -0.39 is 0 Å². The first-order valence-corrected chi connectivity index (χ1v) is 7.89. The molecule has 0 heterocycles. The van der Waals surface area contributed by atoms with Crippen LogP contribution >= 0.6 is 0 Å². The van der Waals surface area contributed by atoms with Crippen LogP contribution in [0.15, 0.2) is 36.4 Å². The Morgan fingerprint density at radius 3 is 2.50 bits per heavy atom. The quantitative estimate of drug-likeness (QED) is 0.793. The van der Waals surface area contributed by atoms with Crippen LogP contribution in [-0.4, -0.2) is 26.3 Å². The molecule has 5 heteroatoms. The fraction of sp³-hybridized carbons (Fsp3) is 0.316. The lowest BCUT2D eigenvalue weighted by Gasteiger charge is -2.12. The van der Waals surface area contributed by atoms with Gasteiger partial charge in [-0.1, -0.05) is 12.1 Å². The Labute approximate surface area is 143 Å². The monoisotopic (exact) mass is 328 g/mol. The van der Waals surface area contributed by atoms with Gasteiger partial charge in [-0.15, -0.1) is 0 Å². The van der Waals surface area contributed by atoms with Crippen LogP contribution in [0.4, 0.5) is 10.5 Å². The number of hydrogen-bond acceptors (Lipinski definition) is 3. The number of urea groups is 1. The van der Waals surface area contributed by atoms with Crippen LogP contribution in [0.25, 0.3) is 0 Å². The van der Waals surface area contributed by atoms with Gasteiger partial charge in [0.2, 0.25) is 0 Å². The Morgan fingerprint density at radius 2 is 1.79 bits per heavy atom. The third kappa shape index (κ3) is 4.91. The van der Waals surface area contributed by atoms with Crippen molar-refractivity contribution in [1.29, 1.82) is 0 Å². The summed E-state index contributed by atoms with van der Waals surface area (Å²) in [6.07, 6.45) is 0. The topological polar surface area (TPSA) is 59.6 Å². The minimum absolute atomic E-state index is 0.252. The van der Waals surface area contributed by atoms with E-state index in [0.29, 0.717) is 24.7 Å². The number of aryl methyl sites for hydroxylation is 3. The minimum Gasteiger partial charge on any atom is -0.493 e. The summed E-state index contributed by atoms with van der Waals surface area (Å²) in [5, 5.41) is 5.58. The first-order chi connectivity index (χ1) is 11.5. The van der Waals surface area contributed by atoms with Crippen molar-refractivity contribution in [3.8, 4) is 11.5 Å². The zero-order chi connectivity index (χ0) is 17.5. The molecule has 0 aliphatic heterocycles.